The van der Waals surface area contributed by atoms with Crippen molar-refractivity contribution in [1.82, 2.24) is 0 Å². The molecule has 4 heteroatoms. The van der Waals surface area contributed by atoms with Crippen molar-refractivity contribution in [2.45, 2.75) is 58.7 Å². The van der Waals surface area contributed by atoms with Crippen molar-refractivity contribution in [2.75, 3.05) is 13.7 Å². The molecule has 0 radical (unpaired) electrons. The molecule has 1 fully saturated rings. The summed E-state index contributed by atoms with van der Waals surface area (Å²) in [6.45, 7) is 6.99. The van der Waals surface area contributed by atoms with Gasteiger partial charge in [-0.15, -0.1) is 0 Å². The summed E-state index contributed by atoms with van der Waals surface area (Å²) in [5.74, 6) is 1.50. The molecule has 0 bridgehead atoms. The van der Waals surface area contributed by atoms with Crippen LogP contribution in [0, 0.1) is 17.8 Å². The Morgan fingerprint density at radius 3 is 2.58 bits per heavy atom. The number of rotatable bonds is 6. The van der Waals surface area contributed by atoms with E-state index in [1.807, 2.05) is 0 Å². The SMILES string of the molecule is COC(CN)CC(=O)OC1CC(C)CCC1C(C)C. The fourth-order valence-electron chi connectivity index (χ4n) is 2.92. The zero-order chi connectivity index (χ0) is 14.4. The van der Waals surface area contributed by atoms with Gasteiger partial charge in [-0.2, -0.15) is 0 Å². The fourth-order valence-corrected chi connectivity index (χ4v) is 2.92. The Morgan fingerprint density at radius 2 is 2.05 bits per heavy atom. The van der Waals surface area contributed by atoms with Gasteiger partial charge in [0.2, 0.25) is 0 Å². The van der Waals surface area contributed by atoms with Gasteiger partial charge in [-0.3, -0.25) is 4.79 Å². The van der Waals surface area contributed by atoms with Crippen LogP contribution in [0.2, 0.25) is 0 Å². The summed E-state index contributed by atoms with van der Waals surface area (Å²) in [6.07, 6.45) is 3.46. The van der Waals surface area contributed by atoms with Crippen LogP contribution in [0.25, 0.3) is 0 Å². The largest absolute Gasteiger partial charge is 0.462 e. The van der Waals surface area contributed by atoms with Crippen LogP contribution in [0.3, 0.4) is 0 Å². The summed E-state index contributed by atoms with van der Waals surface area (Å²) in [4.78, 5) is 12.0. The lowest BCUT2D eigenvalue weighted by Gasteiger charge is -2.36. The van der Waals surface area contributed by atoms with E-state index in [1.165, 1.54) is 6.42 Å². The first-order valence-electron chi connectivity index (χ1n) is 7.40. The van der Waals surface area contributed by atoms with Crippen LogP contribution in [-0.4, -0.2) is 31.8 Å². The van der Waals surface area contributed by atoms with Crippen LogP contribution in [0.4, 0.5) is 0 Å². The minimum atomic E-state index is -0.231. The molecule has 0 aromatic heterocycles. The highest BCUT2D eigenvalue weighted by molar-refractivity contribution is 5.70. The summed E-state index contributed by atoms with van der Waals surface area (Å²) in [7, 11) is 1.57. The number of hydrogen-bond acceptors (Lipinski definition) is 4. The summed E-state index contributed by atoms with van der Waals surface area (Å²) >= 11 is 0. The molecule has 1 saturated carbocycles. The molecule has 4 nitrogen and oxygen atoms in total. The van der Waals surface area contributed by atoms with Crippen molar-refractivity contribution in [1.29, 1.82) is 0 Å². The van der Waals surface area contributed by atoms with Crippen molar-refractivity contribution in [3.63, 3.8) is 0 Å². The number of methoxy groups -OCH3 is 1. The zero-order valence-electron chi connectivity index (χ0n) is 12.7. The van der Waals surface area contributed by atoms with E-state index in [1.54, 1.807) is 7.11 Å². The van der Waals surface area contributed by atoms with Gasteiger partial charge < -0.3 is 15.2 Å². The minimum Gasteiger partial charge on any atom is -0.462 e. The number of esters is 1. The van der Waals surface area contributed by atoms with Gasteiger partial charge in [0, 0.05) is 13.7 Å². The highest BCUT2D eigenvalue weighted by Gasteiger charge is 2.33. The molecule has 1 rings (SSSR count). The van der Waals surface area contributed by atoms with Crippen molar-refractivity contribution in [2.24, 2.45) is 23.5 Å². The average molecular weight is 271 g/mol. The molecule has 4 unspecified atom stereocenters. The molecule has 2 N–H and O–H groups in total. The third-order valence-electron chi connectivity index (χ3n) is 4.23. The zero-order valence-corrected chi connectivity index (χ0v) is 12.7. The summed E-state index contributed by atoms with van der Waals surface area (Å²) < 4.78 is 10.8. The van der Waals surface area contributed by atoms with Gasteiger partial charge in [0.15, 0.2) is 0 Å². The number of carbonyl (C=O) groups excluding carboxylic acids is 1. The van der Waals surface area contributed by atoms with Crippen LogP contribution in [0.15, 0.2) is 0 Å². The molecular formula is C15H29NO3. The first-order valence-corrected chi connectivity index (χ1v) is 7.40. The van der Waals surface area contributed by atoms with Crippen molar-refractivity contribution >= 4 is 5.97 Å². The van der Waals surface area contributed by atoms with Gasteiger partial charge in [-0.25, -0.2) is 0 Å². The number of carbonyl (C=O) groups is 1. The normalized spacial score (nSPS) is 29.3. The van der Waals surface area contributed by atoms with E-state index in [0.29, 0.717) is 24.3 Å². The second-order valence-electron chi connectivity index (χ2n) is 6.15. The molecule has 112 valence electrons. The van der Waals surface area contributed by atoms with Gasteiger partial charge in [0.25, 0.3) is 0 Å². The van der Waals surface area contributed by atoms with E-state index in [2.05, 4.69) is 20.8 Å². The molecule has 0 aromatic carbocycles. The fraction of sp³-hybridized carbons (Fsp3) is 0.933. The van der Waals surface area contributed by atoms with Crippen LogP contribution in [0.1, 0.15) is 46.5 Å². The third-order valence-corrected chi connectivity index (χ3v) is 4.23. The highest BCUT2D eigenvalue weighted by Crippen LogP contribution is 2.35. The van der Waals surface area contributed by atoms with Crippen molar-refractivity contribution < 1.29 is 14.3 Å². The van der Waals surface area contributed by atoms with Crippen LogP contribution in [0.5, 0.6) is 0 Å². The Hall–Kier alpha value is -0.610. The van der Waals surface area contributed by atoms with Gasteiger partial charge in [-0.1, -0.05) is 27.2 Å². The lowest BCUT2D eigenvalue weighted by atomic mass is 9.75. The van der Waals surface area contributed by atoms with E-state index in [4.69, 9.17) is 15.2 Å². The molecular weight excluding hydrogens is 242 g/mol. The lowest BCUT2D eigenvalue weighted by Crippen LogP contribution is -2.37. The number of hydrogen-bond donors (Lipinski definition) is 1. The standard InChI is InChI=1S/C15H29NO3/c1-10(2)13-6-5-11(3)7-14(13)19-15(17)8-12(9-16)18-4/h10-14H,5-9,16H2,1-4H3. The highest BCUT2D eigenvalue weighted by atomic mass is 16.5. The van der Waals surface area contributed by atoms with E-state index in [-0.39, 0.29) is 24.6 Å². The minimum absolute atomic E-state index is 0.0616. The molecule has 4 atom stereocenters. The maximum atomic E-state index is 12.0. The second kappa shape index (κ2) is 7.85. The molecule has 19 heavy (non-hydrogen) atoms. The second-order valence-corrected chi connectivity index (χ2v) is 6.15. The van der Waals surface area contributed by atoms with E-state index >= 15 is 0 Å². The number of ether oxygens (including phenoxy) is 2. The number of nitrogens with two attached hydrogens (primary N) is 1. The quantitative estimate of drug-likeness (QED) is 0.753. The van der Waals surface area contributed by atoms with Crippen molar-refractivity contribution in [3.05, 3.63) is 0 Å². The van der Waals surface area contributed by atoms with Gasteiger partial charge in [0.1, 0.15) is 6.10 Å². The smallest absolute Gasteiger partial charge is 0.308 e. The summed E-state index contributed by atoms with van der Waals surface area (Å²) in [5, 5.41) is 0. The van der Waals surface area contributed by atoms with Gasteiger partial charge >= 0.3 is 5.97 Å². The summed E-state index contributed by atoms with van der Waals surface area (Å²) in [6, 6.07) is 0. The van der Waals surface area contributed by atoms with E-state index < -0.39 is 0 Å². The Morgan fingerprint density at radius 1 is 1.37 bits per heavy atom. The molecule has 0 aromatic rings. The molecule has 0 amide bonds. The Labute approximate surface area is 117 Å². The predicted octanol–water partition coefficient (Wildman–Crippen LogP) is 2.35. The summed E-state index contributed by atoms with van der Waals surface area (Å²) in [5.41, 5.74) is 5.53. The van der Waals surface area contributed by atoms with Crippen LogP contribution < -0.4 is 5.73 Å². The lowest BCUT2D eigenvalue weighted by molar-refractivity contribution is -0.158. The first-order chi connectivity index (χ1) is 8.97. The van der Waals surface area contributed by atoms with E-state index in [9.17, 15) is 4.79 Å². The Kier molecular flexibility index (Phi) is 6.80. The maximum Gasteiger partial charge on any atom is 0.308 e. The Balaban J connectivity index is 2.53. The molecule has 0 saturated heterocycles. The monoisotopic (exact) mass is 271 g/mol. The predicted molar refractivity (Wildman–Crippen MR) is 75.7 cm³/mol. The Bertz CT molecular complexity index is 277. The van der Waals surface area contributed by atoms with E-state index in [0.717, 1.165) is 12.8 Å². The topological polar surface area (TPSA) is 61.5 Å². The molecule has 0 aliphatic heterocycles. The molecule has 1 aliphatic rings. The van der Waals surface area contributed by atoms with Gasteiger partial charge in [-0.05, 0) is 30.6 Å². The average Bonchev–Trinajstić information content (AvgIpc) is 2.35. The first kappa shape index (κ1) is 16.4. The van der Waals surface area contributed by atoms with Gasteiger partial charge in [0.05, 0.1) is 12.5 Å². The maximum absolute atomic E-state index is 12.0. The van der Waals surface area contributed by atoms with Crippen LogP contribution in [-0.2, 0) is 14.3 Å². The third kappa shape index (κ3) is 5.11. The van der Waals surface area contributed by atoms with Crippen LogP contribution >= 0.6 is 0 Å². The molecule has 0 heterocycles. The van der Waals surface area contributed by atoms with Crippen molar-refractivity contribution in [3.8, 4) is 0 Å². The molecule has 1 aliphatic carbocycles. The molecule has 0 spiro atoms.